The van der Waals surface area contributed by atoms with E-state index in [9.17, 15) is 0 Å². The van der Waals surface area contributed by atoms with Crippen LogP contribution in [0.3, 0.4) is 0 Å². The zero-order valence-corrected chi connectivity index (χ0v) is 8.38. The van der Waals surface area contributed by atoms with Crippen molar-refractivity contribution in [2.24, 2.45) is 0 Å². The van der Waals surface area contributed by atoms with E-state index < -0.39 is 0 Å². The van der Waals surface area contributed by atoms with Crippen molar-refractivity contribution in [2.75, 3.05) is 13.2 Å². The Morgan fingerprint density at radius 2 is 2.23 bits per heavy atom. The number of hydrogen-bond acceptors (Lipinski definition) is 3. The summed E-state index contributed by atoms with van der Waals surface area (Å²) in [6.07, 6.45) is 0.240. The molecule has 1 aromatic carbocycles. The van der Waals surface area contributed by atoms with E-state index in [1.807, 2.05) is 25.1 Å². The minimum Gasteiger partial charge on any atom is -0.485 e. The fourth-order valence-electron chi connectivity index (χ4n) is 1.23. The van der Waals surface area contributed by atoms with E-state index in [0.717, 1.165) is 16.2 Å². The molecule has 0 aliphatic carbocycles. The van der Waals surface area contributed by atoms with Gasteiger partial charge in [-0.05, 0) is 30.7 Å². The highest BCUT2D eigenvalue weighted by atomic mass is 32.1. The van der Waals surface area contributed by atoms with Crippen LogP contribution in [0.4, 0.5) is 0 Å². The first-order chi connectivity index (χ1) is 6.25. The standard InChI is InChI=1S/C10H12O2S/c1-7-4-9(13)2-3-10(7)12-8-5-11-6-8/h2-4,8,13H,5-6H2,1H3. The van der Waals surface area contributed by atoms with E-state index in [0.29, 0.717) is 13.2 Å². The van der Waals surface area contributed by atoms with E-state index in [1.165, 1.54) is 0 Å². The molecule has 1 aromatic rings. The number of rotatable bonds is 2. The molecule has 1 saturated heterocycles. The Hall–Kier alpha value is -0.670. The number of thiol groups is 1. The fraction of sp³-hybridized carbons (Fsp3) is 0.400. The number of benzene rings is 1. The van der Waals surface area contributed by atoms with Crippen LogP contribution in [0, 0.1) is 6.92 Å². The molecule has 2 rings (SSSR count). The van der Waals surface area contributed by atoms with Crippen LogP contribution in [-0.2, 0) is 4.74 Å². The molecule has 70 valence electrons. The molecule has 0 unspecified atom stereocenters. The molecule has 13 heavy (non-hydrogen) atoms. The van der Waals surface area contributed by atoms with Crippen LogP contribution in [0.15, 0.2) is 23.1 Å². The summed E-state index contributed by atoms with van der Waals surface area (Å²) < 4.78 is 10.7. The summed E-state index contributed by atoms with van der Waals surface area (Å²) in [7, 11) is 0. The van der Waals surface area contributed by atoms with Crippen molar-refractivity contribution < 1.29 is 9.47 Å². The summed E-state index contributed by atoms with van der Waals surface area (Å²) in [6, 6.07) is 5.89. The third-order valence-corrected chi connectivity index (χ3v) is 2.34. The van der Waals surface area contributed by atoms with Gasteiger partial charge in [0.1, 0.15) is 11.9 Å². The fourth-order valence-corrected chi connectivity index (χ4v) is 1.50. The maximum atomic E-state index is 5.68. The highest BCUT2D eigenvalue weighted by molar-refractivity contribution is 7.80. The second-order valence-corrected chi connectivity index (χ2v) is 3.74. The predicted molar refractivity (Wildman–Crippen MR) is 53.7 cm³/mol. The normalized spacial score (nSPS) is 16.8. The van der Waals surface area contributed by atoms with Crippen LogP contribution in [0.25, 0.3) is 0 Å². The first kappa shape index (κ1) is 8.91. The van der Waals surface area contributed by atoms with E-state index in [1.54, 1.807) is 0 Å². The molecule has 3 heteroatoms. The van der Waals surface area contributed by atoms with Gasteiger partial charge in [0, 0.05) is 4.90 Å². The van der Waals surface area contributed by atoms with Gasteiger partial charge >= 0.3 is 0 Å². The average Bonchev–Trinajstić information content (AvgIpc) is 1.99. The largest absolute Gasteiger partial charge is 0.485 e. The lowest BCUT2D eigenvalue weighted by molar-refractivity contribution is -0.0799. The summed E-state index contributed by atoms with van der Waals surface area (Å²) in [6.45, 7) is 3.44. The van der Waals surface area contributed by atoms with E-state index in [4.69, 9.17) is 9.47 Å². The SMILES string of the molecule is Cc1cc(S)ccc1OC1COC1. The smallest absolute Gasteiger partial charge is 0.145 e. The van der Waals surface area contributed by atoms with Gasteiger partial charge in [0.2, 0.25) is 0 Å². The van der Waals surface area contributed by atoms with E-state index in [2.05, 4.69) is 12.6 Å². The van der Waals surface area contributed by atoms with Gasteiger partial charge in [-0.3, -0.25) is 0 Å². The summed E-state index contributed by atoms with van der Waals surface area (Å²) in [5.41, 5.74) is 1.12. The Morgan fingerprint density at radius 3 is 2.77 bits per heavy atom. The minimum atomic E-state index is 0.240. The van der Waals surface area contributed by atoms with Crippen molar-refractivity contribution in [2.45, 2.75) is 17.9 Å². The van der Waals surface area contributed by atoms with Gasteiger partial charge in [-0.25, -0.2) is 0 Å². The second-order valence-electron chi connectivity index (χ2n) is 3.23. The molecule has 0 radical (unpaired) electrons. The van der Waals surface area contributed by atoms with Gasteiger partial charge in [0.25, 0.3) is 0 Å². The highest BCUT2D eigenvalue weighted by Gasteiger charge is 2.20. The van der Waals surface area contributed by atoms with Crippen LogP contribution in [-0.4, -0.2) is 19.3 Å². The molecule has 1 aliphatic heterocycles. The van der Waals surface area contributed by atoms with Gasteiger partial charge in [0.05, 0.1) is 13.2 Å². The van der Waals surface area contributed by atoms with Gasteiger partial charge in [0.15, 0.2) is 0 Å². The average molecular weight is 196 g/mol. The zero-order valence-electron chi connectivity index (χ0n) is 7.49. The molecule has 0 N–H and O–H groups in total. The van der Waals surface area contributed by atoms with Crippen LogP contribution in [0.1, 0.15) is 5.56 Å². The molecule has 1 heterocycles. The van der Waals surface area contributed by atoms with Gasteiger partial charge in [-0.2, -0.15) is 0 Å². The molecule has 0 aromatic heterocycles. The Morgan fingerprint density at radius 1 is 1.46 bits per heavy atom. The summed E-state index contributed by atoms with van der Waals surface area (Å²) in [5, 5.41) is 0. The Kier molecular flexibility index (Phi) is 2.47. The van der Waals surface area contributed by atoms with Crippen molar-refractivity contribution >= 4 is 12.6 Å². The molecular formula is C10H12O2S. The van der Waals surface area contributed by atoms with Crippen molar-refractivity contribution in [3.05, 3.63) is 23.8 Å². The number of aryl methyl sites for hydroxylation is 1. The quantitative estimate of drug-likeness (QED) is 0.730. The summed E-state index contributed by atoms with van der Waals surface area (Å²) in [5.74, 6) is 0.936. The lowest BCUT2D eigenvalue weighted by Gasteiger charge is -2.27. The van der Waals surface area contributed by atoms with Crippen molar-refractivity contribution in [3.8, 4) is 5.75 Å². The molecule has 0 saturated carbocycles. The predicted octanol–water partition coefficient (Wildman–Crippen LogP) is 2.06. The van der Waals surface area contributed by atoms with Gasteiger partial charge in [-0.15, -0.1) is 12.6 Å². The van der Waals surface area contributed by atoms with Crippen molar-refractivity contribution in [1.82, 2.24) is 0 Å². The maximum Gasteiger partial charge on any atom is 0.145 e. The molecule has 0 spiro atoms. The summed E-state index contributed by atoms with van der Waals surface area (Å²) in [4.78, 5) is 0.967. The lowest BCUT2D eigenvalue weighted by Crippen LogP contribution is -2.38. The van der Waals surface area contributed by atoms with Crippen LogP contribution in [0.2, 0.25) is 0 Å². The van der Waals surface area contributed by atoms with Crippen molar-refractivity contribution in [1.29, 1.82) is 0 Å². The summed E-state index contributed by atoms with van der Waals surface area (Å²) >= 11 is 4.25. The number of ether oxygens (including phenoxy) is 2. The van der Waals surface area contributed by atoms with E-state index in [-0.39, 0.29) is 6.10 Å². The molecule has 2 nitrogen and oxygen atoms in total. The highest BCUT2D eigenvalue weighted by Crippen LogP contribution is 2.23. The molecular weight excluding hydrogens is 184 g/mol. The minimum absolute atomic E-state index is 0.240. The van der Waals surface area contributed by atoms with E-state index >= 15 is 0 Å². The Balaban J connectivity index is 2.10. The van der Waals surface area contributed by atoms with Crippen molar-refractivity contribution in [3.63, 3.8) is 0 Å². The topological polar surface area (TPSA) is 18.5 Å². The molecule has 1 aliphatic rings. The van der Waals surface area contributed by atoms with Gasteiger partial charge in [-0.1, -0.05) is 0 Å². The third kappa shape index (κ3) is 1.98. The maximum absolute atomic E-state index is 5.68. The first-order valence-electron chi connectivity index (χ1n) is 4.30. The van der Waals surface area contributed by atoms with Crippen LogP contribution in [0.5, 0.6) is 5.75 Å². The second kappa shape index (κ2) is 3.60. The third-order valence-electron chi connectivity index (χ3n) is 2.06. The molecule has 0 amide bonds. The van der Waals surface area contributed by atoms with Crippen LogP contribution >= 0.6 is 12.6 Å². The Bertz CT molecular complexity index is 308. The van der Waals surface area contributed by atoms with Gasteiger partial charge < -0.3 is 9.47 Å². The zero-order chi connectivity index (χ0) is 9.26. The molecule has 0 bridgehead atoms. The Labute approximate surface area is 83.3 Å². The number of hydrogen-bond donors (Lipinski definition) is 1. The lowest BCUT2D eigenvalue weighted by atomic mass is 10.2. The molecule has 1 fully saturated rings. The monoisotopic (exact) mass is 196 g/mol. The van der Waals surface area contributed by atoms with Crippen LogP contribution < -0.4 is 4.74 Å². The first-order valence-corrected chi connectivity index (χ1v) is 4.74. The molecule has 0 atom stereocenters.